The van der Waals surface area contributed by atoms with Crippen molar-refractivity contribution in [3.8, 4) is 0 Å². The minimum atomic E-state index is -4.84. The van der Waals surface area contributed by atoms with Gasteiger partial charge in [-0.1, -0.05) is 45.4 Å². The van der Waals surface area contributed by atoms with Crippen molar-refractivity contribution in [3.05, 3.63) is 0 Å². The van der Waals surface area contributed by atoms with Gasteiger partial charge in [0.1, 0.15) is 16.4 Å². The summed E-state index contributed by atoms with van der Waals surface area (Å²) in [6.45, 7) is 2.13. The monoisotopic (exact) mass is 316 g/mol. The standard InChI is InChI=1S/C12H22O5S.K/c1-2-3-4-5-6-7-8-9-11(14)12(10-13)18(15,16)17;/h10,12H,2-9H2,1H3,(H,15,16,17);/q;+1/p-1. The second-order valence-corrected chi connectivity index (χ2v) is 5.88. The molecule has 0 aliphatic rings. The number of Topliss-reactive ketones (excluding diaryl/α,β-unsaturated/α-hetero) is 1. The van der Waals surface area contributed by atoms with Gasteiger partial charge in [0.15, 0.2) is 11.0 Å². The largest absolute Gasteiger partial charge is 1.00 e. The van der Waals surface area contributed by atoms with Crippen molar-refractivity contribution in [3.63, 3.8) is 0 Å². The number of carbonyl (C=O) groups excluding carboxylic acids is 2. The van der Waals surface area contributed by atoms with Crippen LogP contribution in [-0.2, 0) is 19.7 Å². The first-order valence-electron chi connectivity index (χ1n) is 6.36. The summed E-state index contributed by atoms with van der Waals surface area (Å²) >= 11 is 0. The van der Waals surface area contributed by atoms with Gasteiger partial charge in [0.05, 0.1) is 0 Å². The number of hydrogen-bond acceptors (Lipinski definition) is 5. The molecule has 1 unspecified atom stereocenters. The van der Waals surface area contributed by atoms with Crippen LogP contribution >= 0.6 is 0 Å². The zero-order valence-corrected chi connectivity index (χ0v) is 15.7. The maximum absolute atomic E-state index is 11.3. The smallest absolute Gasteiger partial charge is 0.747 e. The van der Waals surface area contributed by atoms with Gasteiger partial charge in [0.25, 0.3) is 0 Å². The predicted octanol–water partition coefficient (Wildman–Crippen LogP) is -1.19. The van der Waals surface area contributed by atoms with Crippen LogP contribution in [0.25, 0.3) is 0 Å². The summed E-state index contributed by atoms with van der Waals surface area (Å²) in [5.41, 5.74) is 0. The summed E-state index contributed by atoms with van der Waals surface area (Å²) in [5, 5.41) is -2.02. The van der Waals surface area contributed by atoms with E-state index in [0.717, 1.165) is 25.7 Å². The Kier molecular flexibility index (Phi) is 14.7. The van der Waals surface area contributed by atoms with Crippen LogP contribution in [0.15, 0.2) is 0 Å². The van der Waals surface area contributed by atoms with E-state index in [-0.39, 0.29) is 64.1 Å². The van der Waals surface area contributed by atoms with Gasteiger partial charge in [-0.25, -0.2) is 8.42 Å². The van der Waals surface area contributed by atoms with Gasteiger partial charge in [0, 0.05) is 6.42 Å². The quantitative estimate of drug-likeness (QED) is 0.157. The van der Waals surface area contributed by atoms with Gasteiger partial charge in [0.2, 0.25) is 0 Å². The van der Waals surface area contributed by atoms with E-state index in [1.807, 2.05) is 0 Å². The minimum Gasteiger partial charge on any atom is -0.747 e. The molecular weight excluding hydrogens is 295 g/mol. The van der Waals surface area contributed by atoms with Crippen LogP contribution in [-0.4, -0.2) is 30.3 Å². The van der Waals surface area contributed by atoms with Crippen LogP contribution in [0, 0.1) is 0 Å². The molecule has 0 radical (unpaired) electrons. The number of hydrogen-bond donors (Lipinski definition) is 0. The maximum atomic E-state index is 11.3. The Morgan fingerprint density at radius 3 is 2.00 bits per heavy atom. The molecule has 5 nitrogen and oxygen atoms in total. The Morgan fingerprint density at radius 1 is 1.11 bits per heavy atom. The average Bonchev–Trinajstić information content (AvgIpc) is 2.27. The molecule has 0 aliphatic heterocycles. The normalized spacial score (nSPS) is 12.5. The molecule has 0 fully saturated rings. The third kappa shape index (κ3) is 11.2. The first-order valence-corrected chi connectivity index (χ1v) is 7.83. The number of unbranched alkanes of at least 4 members (excludes halogenated alkanes) is 6. The number of aldehydes is 1. The van der Waals surface area contributed by atoms with Crippen molar-refractivity contribution >= 4 is 22.2 Å². The number of ketones is 1. The molecule has 0 amide bonds. The summed E-state index contributed by atoms with van der Waals surface area (Å²) in [5.74, 6) is -0.784. The molecule has 0 heterocycles. The molecule has 0 saturated carbocycles. The van der Waals surface area contributed by atoms with Gasteiger partial charge in [-0.2, -0.15) is 0 Å². The van der Waals surface area contributed by atoms with Crippen LogP contribution in [0.5, 0.6) is 0 Å². The molecule has 0 aromatic heterocycles. The molecule has 0 aromatic carbocycles. The Morgan fingerprint density at radius 2 is 1.58 bits per heavy atom. The van der Waals surface area contributed by atoms with E-state index in [0.29, 0.717) is 6.42 Å². The van der Waals surface area contributed by atoms with Crippen LogP contribution in [0.2, 0.25) is 0 Å². The van der Waals surface area contributed by atoms with Crippen molar-refractivity contribution < 1.29 is 73.9 Å². The third-order valence-electron chi connectivity index (χ3n) is 2.78. The second-order valence-electron chi connectivity index (χ2n) is 4.39. The molecule has 1 atom stereocenters. The molecule has 0 rings (SSSR count). The summed E-state index contributed by atoms with van der Waals surface area (Å²) in [6.07, 6.45) is 6.87. The fourth-order valence-electron chi connectivity index (χ4n) is 1.70. The molecular formula is C12H21KO5S. The Bertz CT molecular complexity index is 353. The molecule has 106 valence electrons. The van der Waals surface area contributed by atoms with E-state index in [2.05, 4.69) is 6.92 Å². The van der Waals surface area contributed by atoms with Gasteiger partial charge in [-0.3, -0.25) is 4.79 Å². The molecule has 19 heavy (non-hydrogen) atoms. The first kappa shape index (κ1) is 22.2. The topological polar surface area (TPSA) is 91.3 Å². The molecule has 7 heteroatoms. The summed E-state index contributed by atoms with van der Waals surface area (Å²) < 4.78 is 31.8. The summed E-state index contributed by atoms with van der Waals surface area (Å²) in [4.78, 5) is 21.7. The molecule has 0 N–H and O–H groups in total. The van der Waals surface area contributed by atoms with Gasteiger partial charge < -0.3 is 9.35 Å². The van der Waals surface area contributed by atoms with Gasteiger partial charge in [-0.05, 0) is 6.42 Å². The Hall–Kier alpha value is 0.886. The van der Waals surface area contributed by atoms with Crippen molar-refractivity contribution in [2.45, 2.75) is 63.5 Å². The van der Waals surface area contributed by atoms with Crippen LogP contribution in [0.1, 0.15) is 58.3 Å². The molecule has 0 spiro atoms. The zero-order valence-electron chi connectivity index (χ0n) is 11.8. The summed E-state index contributed by atoms with van der Waals surface area (Å²) in [6, 6.07) is 0. The van der Waals surface area contributed by atoms with E-state index in [1.54, 1.807) is 0 Å². The van der Waals surface area contributed by atoms with Crippen molar-refractivity contribution in [1.82, 2.24) is 0 Å². The third-order valence-corrected chi connectivity index (χ3v) is 3.77. The second kappa shape index (κ2) is 12.6. The molecule has 0 bridgehead atoms. The summed E-state index contributed by atoms with van der Waals surface area (Å²) in [7, 11) is -4.84. The van der Waals surface area contributed by atoms with E-state index in [9.17, 15) is 22.6 Å². The van der Waals surface area contributed by atoms with E-state index >= 15 is 0 Å². The Labute approximate surface area is 158 Å². The first-order chi connectivity index (χ1) is 8.43. The van der Waals surface area contributed by atoms with E-state index in [1.165, 1.54) is 12.8 Å². The van der Waals surface area contributed by atoms with Crippen molar-refractivity contribution in [2.24, 2.45) is 0 Å². The minimum absolute atomic E-state index is 0. The molecule has 0 saturated heterocycles. The van der Waals surface area contributed by atoms with Crippen LogP contribution in [0.4, 0.5) is 0 Å². The Balaban J connectivity index is 0. The SMILES string of the molecule is CCCCCCCCCC(=O)C(C=O)S(=O)(=O)[O-].[K+]. The maximum Gasteiger partial charge on any atom is 1.00 e. The molecule has 0 aliphatic carbocycles. The fraction of sp³-hybridized carbons (Fsp3) is 0.833. The van der Waals surface area contributed by atoms with Crippen LogP contribution < -0.4 is 51.4 Å². The van der Waals surface area contributed by atoms with Gasteiger partial charge >= 0.3 is 51.4 Å². The zero-order chi connectivity index (χ0) is 14.0. The van der Waals surface area contributed by atoms with E-state index < -0.39 is 21.2 Å². The number of rotatable bonds is 11. The average molecular weight is 316 g/mol. The van der Waals surface area contributed by atoms with Crippen LogP contribution in [0.3, 0.4) is 0 Å². The van der Waals surface area contributed by atoms with Crippen molar-refractivity contribution in [2.75, 3.05) is 0 Å². The van der Waals surface area contributed by atoms with E-state index in [4.69, 9.17) is 0 Å². The molecule has 0 aromatic rings. The fourth-order valence-corrected chi connectivity index (χ4v) is 2.28. The predicted molar refractivity (Wildman–Crippen MR) is 67.2 cm³/mol. The van der Waals surface area contributed by atoms with Gasteiger partial charge in [-0.15, -0.1) is 0 Å². The number of carbonyl (C=O) groups is 2. The van der Waals surface area contributed by atoms with Crippen molar-refractivity contribution in [1.29, 1.82) is 0 Å².